The average Bonchev–Trinajstić information content (AvgIpc) is 2.72. The van der Waals surface area contributed by atoms with Gasteiger partial charge < -0.3 is 19.5 Å². The highest BCUT2D eigenvalue weighted by Gasteiger charge is 2.18. The first kappa shape index (κ1) is 24.0. The Balaban J connectivity index is 1.93. The fourth-order valence-electron chi connectivity index (χ4n) is 2.67. The van der Waals surface area contributed by atoms with E-state index in [0.29, 0.717) is 18.0 Å². The monoisotopic (exact) mass is 448 g/mol. The molecule has 0 unspecified atom stereocenters. The van der Waals surface area contributed by atoms with Gasteiger partial charge in [0, 0.05) is 5.69 Å². The van der Waals surface area contributed by atoms with E-state index >= 15 is 0 Å². The van der Waals surface area contributed by atoms with Gasteiger partial charge in [-0.2, -0.15) is 0 Å². The van der Waals surface area contributed by atoms with Crippen LogP contribution >= 0.6 is 11.6 Å². The molecule has 31 heavy (non-hydrogen) atoms. The van der Waals surface area contributed by atoms with E-state index in [1.54, 1.807) is 6.07 Å². The number of nitrogens with one attached hydrogen (secondary N) is 2. The van der Waals surface area contributed by atoms with Gasteiger partial charge in [-0.05, 0) is 44.0 Å². The molecule has 0 aliphatic carbocycles. The minimum Gasteiger partial charge on any atom is -0.493 e. The van der Waals surface area contributed by atoms with E-state index in [1.165, 1.54) is 19.2 Å². The highest BCUT2D eigenvalue weighted by molar-refractivity contribution is 6.32. The molecule has 2 aromatic rings. The number of carbonyl (C=O) groups excluding carboxylic acids is 3. The van der Waals surface area contributed by atoms with Gasteiger partial charge in [0.25, 0.3) is 5.91 Å². The Labute approximate surface area is 185 Å². The number of carbonyl (C=O) groups is 3. The van der Waals surface area contributed by atoms with Gasteiger partial charge in [0.1, 0.15) is 0 Å². The summed E-state index contributed by atoms with van der Waals surface area (Å²) in [5.41, 5.74) is 2.55. The number of imide groups is 1. The summed E-state index contributed by atoms with van der Waals surface area (Å²) in [5, 5.41) is 4.86. The Kier molecular flexibility index (Phi) is 8.69. The molecule has 0 saturated heterocycles. The first-order valence-electron chi connectivity index (χ1n) is 9.60. The number of hydrogen-bond donors (Lipinski definition) is 2. The molecule has 166 valence electrons. The summed E-state index contributed by atoms with van der Waals surface area (Å²) >= 11 is 6.18. The highest BCUT2D eigenvalue weighted by Crippen LogP contribution is 2.36. The second-order valence-electron chi connectivity index (χ2n) is 6.73. The molecule has 0 saturated carbocycles. The first-order chi connectivity index (χ1) is 14.7. The maximum atomic E-state index is 12.3. The third-order valence-corrected chi connectivity index (χ3v) is 4.41. The van der Waals surface area contributed by atoms with Crippen molar-refractivity contribution < 1.29 is 28.6 Å². The second kappa shape index (κ2) is 11.2. The van der Waals surface area contributed by atoms with Crippen LogP contribution in [0.5, 0.6) is 11.5 Å². The predicted octanol–water partition coefficient (Wildman–Crippen LogP) is 4.26. The first-order valence-corrected chi connectivity index (χ1v) is 9.98. The molecule has 0 aliphatic rings. The van der Waals surface area contributed by atoms with Crippen molar-refractivity contribution >= 4 is 35.2 Å². The van der Waals surface area contributed by atoms with Crippen LogP contribution in [-0.4, -0.2) is 38.2 Å². The molecule has 0 radical (unpaired) electrons. The highest BCUT2D eigenvalue weighted by atomic mass is 35.5. The van der Waals surface area contributed by atoms with Crippen LogP contribution in [0.15, 0.2) is 30.3 Å². The van der Waals surface area contributed by atoms with E-state index in [4.69, 9.17) is 25.8 Å². The summed E-state index contributed by atoms with van der Waals surface area (Å²) in [7, 11) is 1.42. The lowest BCUT2D eigenvalue weighted by Gasteiger charge is -2.13. The van der Waals surface area contributed by atoms with Crippen LogP contribution in [0.1, 0.15) is 34.8 Å². The molecule has 2 rings (SSSR count). The molecule has 0 aromatic heterocycles. The fraction of sp³-hybridized carbons (Fsp3) is 0.318. The smallest absolute Gasteiger partial charge is 0.338 e. The summed E-state index contributed by atoms with van der Waals surface area (Å²) in [6.45, 7) is 5.50. The predicted molar refractivity (Wildman–Crippen MR) is 117 cm³/mol. The number of methoxy groups -OCH3 is 1. The third kappa shape index (κ3) is 6.89. The zero-order valence-corrected chi connectivity index (χ0v) is 18.6. The Morgan fingerprint density at radius 1 is 1.10 bits per heavy atom. The summed E-state index contributed by atoms with van der Waals surface area (Å²) in [4.78, 5) is 36.2. The number of esters is 1. The van der Waals surface area contributed by atoms with Crippen LogP contribution in [0.4, 0.5) is 10.5 Å². The minimum absolute atomic E-state index is 0.0817. The Morgan fingerprint density at radius 3 is 2.48 bits per heavy atom. The summed E-state index contributed by atoms with van der Waals surface area (Å²) in [6.07, 6.45) is 0.773. The van der Waals surface area contributed by atoms with E-state index in [1.807, 2.05) is 32.9 Å². The minimum atomic E-state index is -0.799. The maximum absolute atomic E-state index is 12.3. The topological polar surface area (TPSA) is 103 Å². The quantitative estimate of drug-likeness (QED) is 0.585. The summed E-state index contributed by atoms with van der Waals surface area (Å²) in [6, 6.07) is 7.52. The number of benzene rings is 2. The molecule has 2 N–H and O–H groups in total. The number of halogens is 1. The van der Waals surface area contributed by atoms with E-state index in [9.17, 15) is 14.4 Å². The van der Waals surface area contributed by atoms with Crippen molar-refractivity contribution in [3.05, 3.63) is 52.0 Å². The van der Waals surface area contributed by atoms with Crippen LogP contribution in [0.2, 0.25) is 5.02 Å². The molecule has 8 nitrogen and oxygen atoms in total. The van der Waals surface area contributed by atoms with Crippen LogP contribution in [0.25, 0.3) is 0 Å². The zero-order chi connectivity index (χ0) is 23.0. The van der Waals surface area contributed by atoms with E-state index < -0.39 is 24.5 Å². The van der Waals surface area contributed by atoms with E-state index in [2.05, 4.69) is 10.6 Å². The lowest BCUT2D eigenvalue weighted by Crippen LogP contribution is -2.37. The van der Waals surface area contributed by atoms with Gasteiger partial charge in [-0.15, -0.1) is 0 Å². The molecule has 0 atom stereocenters. The molecule has 0 heterocycles. The van der Waals surface area contributed by atoms with Gasteiger partial charge in [0.05, 0.1) is 24.3 Å². The van der Waals surface area contributed by atoms with E-state index in [0.717, 1.165) is 17.5 Å². The molecule has 0 spiro atoms. The Morgan fingerprint density at radius 2 is 1.84 bits per heavy atom. The zero-order valence-electron chi connectivity index (χ0n) is 17.8. The van der Waals surface area contributed by atoms with E-state index in [-0.39, 0.29) is 16.3 Å². The van der Waals surface area contributed by atoms with Crippen molar-refractivity contribution in [1.29, 1.82) is 0 Å². The Hall–Kier alpha value is -3.26. The van der Waals surface area contributed by atoms with Gasteiger partial charge in [-0.3, -0.25) is 10.1 Å². The standard InChI is InChI=1S/C22H25ClN2O6/c1-5-8-30-20-16(23)10-15(11-18(20)29-4)21(27)31-12-19(26)25-22(28)24-17-7-6-13(2)9-14(17)3/h6-7,9-11H,5,8,12H2,1-4H3,(H2,24,25,26,28). The van der Waals surface area contributed by atoms with Gasteiger partial charge >= 0.3 is 12.0 Å². The number of aryl methyl sites for hydroxylation is 2. The molecular formula is C22H25ClN2O6. The van der Waals surface area contributed by atoms with Gasteiger partial charge in [0.2, 0.25) is 0 Å². The van der Waals surface area contributed by atoms with Gasteiger partial charge in [-0.25, -0.2) is 9.59 Å². The fourth-order valence-corrected chi connectivity index (χ4v) is 2.93. The van der Waals surface area contributed by atoms with Crippen molar-refractivity contribution in [2.24, 2.45) is 0 Å². The second-order valence-corrected chi connectivity index (χ2v) is 7.14. The number of ether oxygens (including phenoxy) is 3. The van der Waals surface area contributed by atoms with Crippen molar-refractivity contribution in [3.8, 4) is 11.5 Å². The largest absolute Gasteiger partial charge is 0.493 e. The molecule has 2 aromatic carbocycles. The maximum Gasteiger partial charge on any atom is 0.338 e. The van der Waals surface area contributed by atoms with Crippen LogP contribution < -0.4 is 20.1 Å². The van der Waals surface area contributed by atoms with Crippen molar-refractivity contribution in [2.45, 2.75) is 27.2 Å². The molecule has 3 amide bonds. The molecular weight excluding hydrogens is 424 g/mol. The van der Waals surface area contributed by atoms with Crippen LogP contribution in [0, 0.1) is 13.8 Å². The normalized spacial score (nSPS) is 10.2. The summed E-state index contributed by atoms with van der Waals surface area (Å²) < 4.78 is 15.7. The average molecular weight is 449 g/mol. The lowest BCUT2D eigenvalue weighted by molar-refractivity contribution is -0.123. The van der Waals surface area contributed by atoms with Gasteiger partial charge in [0.15, 0.2) is 18.1 Å². The van der Waals surface area contributed by atoms with Crippen molar-refractivity contribution in [3.63, 3.8) is 0 Å². The number of rotatable bonds is 8. The number of hydrogen-bond acceptors (Lipinski definition) is 6. The van der Waals surface area contributed by atoms with Crippen LogP contribution in [0.3, 0.4) is 0 Å². The number of amides is 3. The molecule has 0 fully saturated rings. The SMILES string of the molecule is CCCOc1c(Cl)cc(C(=O)OCC(=O)NC(=O)Nc2ccc(C)cc2C)cc1OC. The lowest BCUT2D eigenvalue weighted by atomic mass is 10.1. The molecule has 0 aliphatic heterocycles. The summed E-state index contributed by atoms with van der Waals surface area (Å²) in [5.74, 6) is -0.989. The number of anilines is 1. The van der Waals surface area contributed by atoms with Crippen molar-refractivity contribution in [1.82, 2.24) is 5.32 Å². The van der Waals surface area contributed by atoms with Crippen molar-refractivity contribution in [2.75, 3.05) is 25.6 Å². The van der Waals surface area contributed by atoms with Crippen LogP contribution in [-0.2, 0) is 9.53 Å². The number of urea groups is 1. The molecule has 0 bridgehead atoms. The molecule has 9 heteroatoms. The Bertz CT molecular complexity index is 977. The third-order valence-electron chi connectivity index (χ3n) is 4.13. The van der Waals surface area contributed by atoms with Gasteiger partial charge in [-0.1, -0.05) is 36.2 Å².